The molecule has 0 aromatic carbocycles. The number of hydrogen-bond donors (Lipinski definition) is 1. The largest absolute Gasteiger partial charge is 0.469 e. The molecule has 1 aliphatic carbocycles. The minimum atomic E-state index is -1.04. The number of amides is 1. The van der Waals surface area contributed by atoms with Crippen molar-refractivity contribution in [3.8, 4) is 0 Å². The quantitative estimate of drug-likeness (QED) is 0.794. The lowest BCUT2D eigenvalue weighted by Crippen LogP contribution is -2.56. The van der Waals surface area contributed by atoms with Crippen LogP contribution in [0.5, 0.6) is 0 Å². The topological polar surface area (TPSA) is 87.9 Å². The molecule has 126 valence electrons. The third-order valence-electron chi connectivity index (χ3n) is 4.95. The molecule has 0 saturated heterocycles. The van der Waals surface area contributed by atoms with Gasteiger partial charge in [-0.05, 0) is 25.7 Å². The van der Waals surface area contributed by atoms with E-state index in [4.69, 9.17) is 4.74 Å². The smallest absolute Gasteiger partial charge is 0.308 e. The lowest BCUT2D eigenvalue weighted by Gasteiger charge is -2.43. The zero-order chi connectivity index (χ0) is 16.9. The number of rotatable bonds is 3. The number of ether oxygens (including phenoxy) is 1. The summed E-state index contributed by atoms with van der Waals surface area (Å²) in [4.78, 5) is 31.6. The number of aromatic nitrogens is 2. The van der Waals surface area contributed by atoms with E-state index in [-0.39, 0.29) is 23.7 Å². The second-order valence-corrected chi connectivity index (χ2v) is 6.36. The fourth-order valence-electron chi connectivity index (χ4n) is 3.34. The maximum Gasteiger partial charge on any atom is 0.308 e. The fourth-order valence-corrected chi connectivity index (χ4v) is 3.34. The Balaban J connectivity index is 1.75. The minimum absolute atomic E-state index is 0.0886. The second kappa shape index (κ2) is 5.52. The van der Waals surface area contributed by atoms with Crippen LogP contribution in [0.1, 0.15) is 29.2 Å². The van der Waals surface area contributed by atoms with Crippen LogP contribution in [0.3, 0.4) is 0 Å². The van der Waals surface area contributed by atoms with Crippen molar-refractivity contribution in [3.63, 3.8) is 0 Å². The number of imidazole rings is 1. The molecule has 0 spiro atoms. The molecular formula is C15H22N4O4. The Labute approximate surface area is 134 Å². The van der Waals surface area contributed by atoms with Gasteiger partial charge in [-0.3, -0.25) is 14.5 Å². The van der Waals surface area contributed by atoms with E-state index in [2.05, 4.69) is 4.98 Å². The molecule has 1 aliphatic heterocycles. The summed E-state index contributed by atoms with van der Waals surface area (Å²) < 4.78 is 6.47. The van der Waals surface area contributed by atoms with E-state index in [1.54, 1.807) is 23.6 Å². The lowest BCUT2D eigenvalue weighted by molar-refractivity contribution is -0.150. The number of carbonyl (C=O) groups excluding carboxylic acids is 2. The van der Waals surface area contributed by atoms with Crippen molar-refractivity contribution in [1.82, 2.24) is 14.5 Å². The third-order valence-corrected chi connectivity index (χ3v) is 4.95. The standard InChI is InChI=1S/C15H22N4O4/c1-8-16-12-11(17(8)2)13(20)19(15(22)18(12)3)7-9-5-10(6-9)14(21)23-4/h9-10,15,22H,5-7H2,1-4H3. The number of nitrogens with zero attached hydrogens (tertiary/aromatic N) is 4. The Morgan fingerprint density at radius 3 is 2.65 bits per heavy atom. The molecule has 1 unspecified atom stereocenters. The van der Waals surface area contributed by atoms with Crippen LogP contribution in [0.4, 0.5) is 5.82 Å². The Bertz CT molecular complexity index is 650. The molecule has 1 fully saturated rings. The number of aliphatic hydroxyl groups is 1. The van der Waals surface area contributed by atoms with Crippen LogP contribution < -0.4 is 4.90 Å². The summed E-state index contributed by atoms with van der Waals surface area (Å²) in [6, 6.07) is 0. The number of aryl methyl sites for hydroxylation is 1. The van der Waals surface area contributed by atoms with Crippen molar-refractivity contribution in [2.75, 3.05) is 25.6 Å². The van der Waals surface area contributed by atoms with Gasteiger partial charge in [-0.1, -0.05) is 0 Å². The number of anilines is 1. The molecule has 1 aromatic rings. The second-order valence-electron chi connectivity index (χ2n) is 6.36. The predicted octanol–water partition coefficient (Wildman–Crippen LogP) is 0.0956. The van der Waals surface area contributed by atoms with Crippen molar-refractivity contribution in [2.45, 2.75) is 26.1 Å². The van der Waals surface area contributed by atoms with Crippen molar-refractivity contribution in [2.24, 2.45) is 18.9 Å². The van der Waals surface area contributed by atoms with Crippen LogP contribution >= 0.6 is 0 Å². The first kappa shape index (κ1) is 15.8. The zero-order valence-electron chi connectivity index (χ0n) is 13.8. The summed E-state index contributed by atoms with van der Waals surface area (Å²) in [5.41, 5.74) is 0.485. The highest BCUT2D eigenvalue weighted by atomic mass is 16.5. The van der Waals surface area contributed by atoms with Crippen molar-refractivity contribution >= 4 is 17.7 Å². The number of fused-ring (bicyclic) bond motifs is 1. The molecule has 0 bridgehead atoms. The van der Waals surface area contributed by atoms with E-state index < -0.39 is 6.35 Å². The molecule has 1 saturated carbocycles. The normalized spacial score (nSPS) is 26.8. The average molecular weight is 322 g/mol. The fraction of sp³-hybridized carbons (Fsp3) is 0.667. The van der Waals surface area contributed by atoms with Crippen molar-refractivity contribution in [1.29, 1.82) is 0 Å². The van der Waals surface area contributed by atoms with Crippen LogP contribution in [0.2, 0.25) is 0 Å². The average Bonchev–Trinajstić information content (AvgIpc) is 2.78. The Morgan fingerprint density at radius 2 is 2.04 bits per heavy atom. The van der Waals surface area contributed by atoms with E-state index in [0.29, 0.717) is 30.9 Å². The number of carbonyl (C=O) groups is 2. The minimum Gasteiger partial charge on any atom is -0.469 e. The van der Waals surface area contributed by atoms with Crippen LogP contribution in [-0.2, 0) is 16.6 Å². The lowest BCUT2D eigenvalue weighted by atomic mass is 9.74. The highest BCUT2D eigenvalue weighted by molar-refractivity contribution is 5.99. The van der Waals surface area contributed by atoms with E-state index in [0.717, 1.165) is 5.82 Å². The highest BCUT2D eigenvalue weighted by Gasteiger charge is 2.43. The first-order chi connectivity index (χ1) is 10.8. The van der Waals surface area contributed by atoms with Gasteiger partial charge >= 0.3 is 5.97 Å². The summed E-state index contributed by atoms with van der Waals surface area (Å²) in [7, 11) is 4.89. The van der Waals surface area contributed by atoms with Crippen LogP contribution in [0.15, 0.2) is 0 Å². The van der Waals surface area contributed by atoms with Gasteiger partial charge in [-0.25, -0.2) is 4.98 Å². The first-order valence-electron chi connectivity index (χ1n) is 7.68. The molecule has 1 atom stereocenters. The molecule has 3 rings (SSSR count). The molecular weight excluding hydrogens is 300 g/mol. The summed E-state index contributed by atoms with van der Waals surface area (Å²) in [6.45, 7) is 2.24. The maximum atomic E-state index is 12.7. The molecule has 8 heteroatoms. The van der Waals surface area contributed by atoms with E-state index in [1.807, 2.05) is 6.92 Å². The van der Waals surface area contributed by atoms with Gasteiger partial charge in [0.1, 0.15) is 5.82 Å². The molecule has 23 heavy (non-hydrogen) atoms. The van der Waals surface area contributed by atoms with Gasteiger partial charge in [0.05, 0.1) is 13.0 Å². The number of aliphatic hydroxyl groups excluding tert-OH is 1. The van der Waals surface area contributed by atoms with Crippen LogP contribution in [-0.4, -0.2) is 58.5 Å². The highest BCUT2D eigenvalue weighted by Crippen LogP contribution is 2.37. The van der Waals surface area contributed by atoms with E-state index >= 15 is 0 Å². The number of hydrogen-bond acceptors (Lipinski definition) is 6. The van der Waals surface area contributed by atoms with Crippen LogP contribution in [0, 0.1) is 18.8 Å². The van der Waals surface area contributed by atoms with Gasteiger partial charge in [0.25, 0.3) is 5.91 Å². The summed E-state index contributed by atoms with van der Waals surface area (Å²) in [6.07, 6.45) is 0.329. The summed E-state index contributed by atoms with van der Waals surface area (Å²) in [5, 5.41) is 10.4. The maximum absolute atomic E-state index is 12.7. The summed E-state index contributed by atoms with van der Waals surface area (Å²) in [5.74, 6) is 0.901. The van der Waals surface area contributed by atoms with E-state index in [1.165, 1.54) is 12.0 Å². The predicted molar refractivity (Wildman–Crippen MR) is 81.6 cm³/mol. The van der Waals surface area contributed by atoms with Crippen molar-refractivity contribution < 1.29 is 19.4 Å². The van der Waals surface area contributed by atoms with E-state index in [9.17, 15) is 14.7 Å². The summed E-state index contributed by atoms with van der Waals surface area (Å²) >= 11 is 0. The Hall–Kier alpha value is -2.09. The molecule has 2 aliphatic rings. The first-order valence-corrected chi connectivity index (χ1v) is 7.68. The molecule has 1 aromatic heterocycles. The molecule has 2 heterocycles. The number of methoxy groups -OCH3 is 1. The van der Waals surface area contributed by atoms with Crippen LogP contribution in [0.25, 0.3) is 0 Å². The van der Waals surface area contributed by atoms with Gasteiger partial charge < -0.3 is 19.3 Å². The Kier molecular flexibility index (Phi) is 3.79. The Morgan fingerprint density at radius 1 is 1.39 bits per heavy atom. The van der Waals surface area contributed by atoms with Gasteiger partial charge in [0.2, 0.25) is 6.35 Å². The molecule has 8 nitrogen and oxygen atoms in total. The van der Waals surface area contributed by atoms with Crippen molar-refractivity contribution in [3.05, 3.63) is 11.5 Å². The third kappa shape index (κ3) is 2.37. The molecule has 1 N–H and O–H groups in total. The number of esters is 1. The van der Waals surface area contributed by atoms with Gasteiger partial charge in [-0.15, -0.1) is 0 Å². The monoisotopic (exact) mass is 322 g/mol. The van der Waals surface area contributed by atoms with Gasteiger partial charge in [0.15, 0.2) is 11.5 Å². The zero-order valence-corrected chi connectivity index (χ0v) is 13.8. The SMILES string of the molecule is COC(=O)C1CC(CN2C(=O)c3c(nc(C)n3C)N(C)C2O)C1. The van der Waals surface area contributed by atoms with Gasteiger partial charge in [0, 0.05) is 20.6 Å². The molecule has 0 radical (unpaired) electrons. The van der Waals surface area contributed by atoms with Gasteiger partial charge in [-0.2, -0.15) is 0 Å². The molecule has 1 amide bonds.